The largest absolute Gasteiger partial charge is 0.497 e. The van der Waals surface area contributed by atoms with Crippen molar-refractivity contribution in [3.63, 3.8) is 0 Å². The van der Waals surface area contributed by atoms with Gasteiger partial charge in [-0.15, -0.1) is 0 Å². The number of methoxy groups -OCH3 is 1. The maximum Gasteiger partial charge on any atom is 0.261 e. The normalized spacial score (nSPS) is 10.9. The van der Waals surface area contributed by atoms with Crippen LogP contribution in [0, 0.1) is 0 Å². The van der Waals surface area contributed by atoms with Gasteiger partial charge in [0.25, 0.3) is 15.9 Å². The van der Waals surface area contributed by atoms with Crippen molar-refractivity contribution in [2.45, 2.75) is 4.90 Å². The van der Waals surface area contributed by atoms with Crippen molar-refractivity contribution >= 4 is 27.3 Å². The number of carbonyl (C=O) groups is 1. The Kier molecular flexibility index (Phi) is 5.42. The summed E-state index contributed by atoms with van der Waals surface area (Å²) in [5, 5.41) is 2.76. The van der Waals surface area contributed by atoms with E-state index >= 15 is 0 Å². The predicted octanol–water partition coefficient (Wildman–Crippen LogP) is 3.75. The van der Waals surface area contributed by atoms with Gasteiger partial charge in [-0.25, -0.2) is 8.42 Å². The number of rotatable bonds is 6. The lowest BCUT2D eigenvalue weighted by Gasteiger charge is -2.10. The summed E-state index contributed by atoms with van der Waals surface area (Å²) in [5.74, 6) is 0.236. The molecule has 0 saturated heterocycles. The first-order valence-electron chi connectivity index (χ1n) is 8.11. The second kappa shape index (κ2) is 7.92. The Morgan fingerprint density at radius 2 is 1.52 bits per heavy atom. The Balaban J connectivity index is 1.77. The lowest BCUT2D eigenvalue weighted by Crippen LogP contribution is -2.15. The molecule has 2 N–H and O–H groups in total. The minimum atomic E-state index is -3.78. The van der Waals surface area contributed by atoms with Crippen LogP contribution in [0.15, 0.2) is 83.8 Å². The molecule has 0 unspecified atom stereocenters. The molecule has 3 aromatic carbocycles. The van der Waals surface area contributed by atoms with Crippen molar-refractivity contribution in [2.75, 3.05) is 17.1 Å². The summed E-state index contributed by atoms with van der Waals surface area (Å²) in [4.78, 5) is 12.5. The third-order valence-corrected chi connectivity index (χ3v) is 5.18. The first kappa shape index (κ1) is 18.5. The molecule has 138 valence electrons. The first-order valence-corrected chi connectivity index (χ1v) is 9.59. The number of carbonyl (C=O) groups excluding carboxylic acids is 1. The Morgan fingerprint density at radius 3 is 2.19 bits per heavy atom. The van der Waals surface area contributed by atoms with Crippen LogP contribution in [0.3, 0.4) is 0 Å². The van der Waals surface area contributed by atoms with E-state index in [0.29, 0.717) is 22.7 Å². The van der Waals surface area contributed by atoms with Gasteiger partial charge in [0.2, 0.25) is 0 Å². The quantitative estimate of drug-likeness (QED) is 0.680. The molecule has 0 fully saturated rings. The van der Waals surface area contributed by atoms with Gasteiger partial charge in [-0.1, -0.05) is 24.3 Å². The number of sulfonamides is 1. The first-order chi connectivity index (χ1) is 13.0. The summed E-state index contributed by atoms with van der Waals surface area (Å²) in [6.45, 7) is 0. The van der Waals surface area contributed by atoms with E-state index in [4.69, 9.17) is 4.74 Å². The standard InChI is InChI=1S/C20H18N2O4S/c1-26-18-10-12-19(13-11-18)27(24,25)22-17-9-5-6-15(14-17)20(23)21-16-7-3-2-4-8-16/h2-14,22H,1H3,(H,21,23). The van der Waals surface area contributed by atoms with E-state index in [2.05, 4.69) is 10.0 Å². The van der Waals surface area contributed by atoms with Gasteiger partial charge < -0.3 is 10.1 Å². The maximum absolute atomic E-state index is 12.5. The molecule has 0 spiro atoms. The maximum atomic E-state index is 12.5. The second-order valence-corrected chi connectivity index (χ2v) is 7.36. The molecule has 0 bridgehead atoms. The van der Waals surface area contributed by atoms with Crippen LogP contribution >= 0.6 is 0 Å². The number of hydrogen-bond donors (Lipinski definition) is 2. The Labute approximate surface area is 157 Å². The SMILES string of the molecule is COc1ccc(S(=O)(=O)Nc2cccc(C(=O)Nc3ccccc3)c2)cc1. The van der Waals surface area contributed by atoms with Crippen LogP contribution in [-0.2, 0) is 10.0 Å². The van der Waals surface area contributed by atoms with E-state index in [1.165, 1.54) is 25.3 Å². The van der Waals surface area contributed by atoms with Crippen LogP contribution in [0.5, 0.6) is 5.75 Å². The number of ether oxygens (including phenoxy) is 1. The summed E-state index contributed by atoms with van der Waals surface area (Å²) in [6, 6.07) is 21.4. The zero-order chi connectivity index (χ0) is 19.3. The highest BCUT2D eigenvalue weighted by molar-refractivity contribution is 7.92. The van der Waals surface area contributed by atoms with Gasteiger partial charge in [-0.05, 0) is 54.6 Å². The topological polar surface area (TPSA) is 84.5 Å². The van der Waals surface area contributed by atoms with Gasteiger partial charge in [0, 0.05) is 16.9 Å². The molecule has 6 nitrogen and oxygen atoms in total. The molecule has 0 saturated carbocycles. The zero-order valence-corrected chi connectivity index (χ0v) is 15.4. The average molecular weight is 382 g/mol. The van der Waals surface area contributed by atoms with Crippen molar-refractivity contribution < 1.29 is 17.9 Å². The van der Waals surface area contributed by atoms with Gasteiger partial charge in [0.15, 0.2) is 0 Å². The molecular formula is C20H18N2O4S. The fourth-order valence-corrected chi connectivity index (χ4v) is 3.47. The third-order valence-electron chi connectivity index (χ3n) is 3.78. The van der Waals surface area contributed by atoms with Crippen molar-refractivity contribution in [1.82, 2.24) is 0 Å². The highest BCUT2D eigenvalue weighted by atomic mass is 32.2. The Bertz CT molecular complexity index is 1030. The number of nitrogens with one attached hydrogen (secondary N) is 2. The lowest BCUT2D eigenvalue weighted by atomic mass is 10.2. The van der Waals surface area contributed by atoms with Gasteiger partial charge in [0.1, 0.15) is 5.75 Å². The molecule has 0 radical (unpaired) electrons. The monoisotopic (exact) mass is 382 g/mol. The summed E-state index contributed by atoms with van der Waals surface area (Å²) in [7, 11) is -2.27. The van der Waals surface area contributed by atoms with Crippen LogP contribution in [0.25, 0.3) is 0 Å². The van der Waals surface area contributed by atoms with Crippen molar-refractivity contribution in [3.8, 4) is 5.75 Å². The number of hydrogen-bond acceptors (Lipinski definition) is 4. The molecule has 1 amide bonds. The average Bonchev–Trinajstić information content (AvgIpc) is 2.68. The van der Waals surface area contributed by atoms with E-state index in [9.17, 15) is 13.2 Å². The van der Waals surface area contributed by atoms with E-state index in [-0.39, 0.29) is 10.8 Å². The van der Waals surface area contributed by atoms with Gasteiger partial charge in [-0.3, -0.25) is 9.52 Å². The molecule has 0 atom stereocenters. The molecule has 0 aromatic heterocycles. The molecule has 27 heavy (non-hydrogen) atoms. The number of anilines is 2. The van der Waals surface area contributed by atoms with Crippen molar-refractivity contribution in [1.29, 1.82) is 0 Å². The molecule has 0 aliphatic carbocycles. The van der Waals surface area contributed by atoms with Crippen LogP contribution in [0.2, 0.25) is 0 Å². The second-order valence-electron chi connectivity index (χ2n) is 5.68. The van der Waals surface area contributed by atoms with Gasteiger partial charge >= 0.3 is 0 Å². The van der Waals surface area contributed by atoms with Crippen LogP contribution in [0.4, 0.5) is 11.4 Å². The number of para-hydroxylation sites is 1. The Morgan fingerprint density at radius 1 is 0.852 bits per heavy atom. The summed E-state index contributed by atoms with van der Waals surface area (Å²) >= 11 is 0. The Hall–Kier alpha value is -3.32. The zero-order valence-electron chi connectivity index (χ0n) is 14.5. The minimum absolute atomic E-state index is 0.0995. The van der Waals surface area contributed by atoms with Crippen LogP contribution in [0.1, 0.15) is 10.4 Å². The predicted molar refractivity (Wildman–Crippen MR) is 105 cm³/mol. The molecule has 0 aliphatic rings. The summed E-state index contributed by atoms with van der Waals surface area (Å²) in [5.41, 5.74) is 1.30. The highest BCUT2D eigenvalue weighted by Gasteiger charge is 2.15. The number of benzene rings is 3. The van der Waals surface area contributed by atoms with Crippen LogP contribution < -0.4 is 14.8 Å². The lowest BCUT2D eigenvalue weighted by molar-refractivity contribution is 0.102. The molecule has 3 rings (SSSR count). The van der Waals surface area contributed by atoms with Crippen molar-refractivity contribution in [3.05, 3.63) is 84.4 Å². The summed E-state index contributed by atoms with van der Waals surface area (Å²) in [6.07, 6.45) is 0. The van der Waals surface area contributed by atoms with E-state index in [1.807, 2.05) is 18.2 Å². The third kappa shape index (κ3) is 4.65. The minimum Gasteiger partial charge on any atom is -0.497 e. The molecule has 7 heteroatoms. The molecule has 0 aliphatic heterocycles. The molecule has 0 heterocycles. The summed E-state index contributed by atoms with van der Waals surface area (Å²) < 4.78 is 32.6. The van der Waals surface area contributed by atoms with E-state index < -0.39 is 10.0 Å². The van der Waals surface area contributed by atoms with E-state index in [1.54, 1.807) is 42.5 Å². The van der Waals surface area contributed by atoms with Gasteiger partial charge in [-0.2, -0.15) is 0 Å². The van der Waals surface area contributed by atoms with Gasteiger partial charge in [0.05, 0.1) is 12.0 Å². The van der Waals surface area contributed by atoms with E-state index in [0.717, 1.165) is 0 Å². The van der Waals surface area contributed by atoms with Crippen LogP contribution in [-0.4, -0.2) is 21.4 Å². The number of amides is 1. The highest BCUT2D eigenvalue weighted by Crippen LogP contribution is 2.20. The molecule has 3 aromatic rings. The fraction of sp³-hybridized carbons (Fsp3) is 0.0500. The molecular weight excluding hydrogens is 364 g/mol. The fourth-order valence-electron chi connectivity index (χ4n) is 2.42. The van der Waals surface area contributed by atoms with Crippen molar-refractivity contribution in [2.24, 2.45) is 0 Å². The smallest absolute Gasteiger partial charge is 0.261 e.